The topological polar surface area (TPSA) is 38.9 Å². The summed E-state index contributed by atoms with van der Waals surface area (Å²) in [6, 6.07) is 11.1. The van der Waals surface area contributed by atoms with Gasteiger partial charge in [-0.2, -0.15) is 0 Å². The van der Waals surface area contributed by atoms with Crippen LogP contribution in [0.1, 0.15) is 0 Å². The second-order valence-corrected chi connectivity index (χ2v) is 5.62. The third kappa shape index (κ3) is 2.59. The second kappa shape index (κ2) is 5.56. The van der Waals surface area contributed by atoms with Crippen LogP contribution in [0.2, 0.25) is 10.3 Å². The van der Waals surface area contributed by atoms with Gasteiger partial charge in [0.1, 0.15) is 10.3 Å². The maximum Gasteiger partial charge on any atom is 0.198 e. The molecule has 0 spiro atoms. The Morgan fingerprint density at radius 2 is 1.75 bits per heavy atom. The predicted molar refractivity (Wildman–Crippen MR) is 82.9 cm³/mol. The van der Waals surface area contributed by atoms with Gasteiger partial charge in [-0.05, 0) is 29.8 Å². The molecule has 0 aliphatic rings. The first-order valence-corrected chi connectivity index (χ1v) is 7.23. The van der Waals surface area contributed by atoms with E-state index < -0.39 is 0 Å². The zero-order valence-corrected chi connectivity index (χ0v) is 13.1. The average molecular weight is 370 g/mol. The summed E-state index contributed by atoms with van der Waals surface area (Å²) in [6.07, 6.45) is 1.54. The van der Waals surface area contributed by atoms with E-state index in [0.29, 0.717) is 17.1 Å². The van der Waals surface area contributed by atoms with Crippen molar-refractivity contribution in [1.29, 1.82) is 0 Å². The van der Waals surface area contributed by atoms with Gasteiger partial charge in [0.2, 0.25) is 0 Å². The van der Waals surface area contributed by atoms with Crippen molar-refractivity contribution in [2.75, 3.05) is 0 Å². The molecular weight excluding hydrogens is 363 g/mol. The Kier molecular flexibility index (Phi) is 3.78. The zero-order valence-electron chi connectivity index (χ0n) is 9.98. The molecular formula is C14H7BrCl2N2O. The Morgan fingerprint density at radius 3 is 2.35 bits per heavy atom. The molecule has 0 saturated carbocycles. The summed E-state index contributed by atoms with van der Waals surface area (Å²) in [4.78, 5) is 8.49. The lowest BCUT2D eigenvalue weighted by Gasteiger charge is -2.08. The van der Waals surface area contributed by atoms with E-state index in [4.69, 9.17) is 27.6 Å². The first kappa shape index (κ1) is 13.6. The molecule has 0 fully saturated rings. The summed E-state index contributed by atoms with van der Waals surface area (Å²) in [7, 11) is 0. The van der Waals surface area contributed by atoms with E-state index in [2.05, 4.69) is 25.9 Å². The normalized spacial score (nSPS) is 10.8. The third-order valence-corrected chi connectivity index (χ3v) is 3.72. The summed E-state index contributed by atoms with van der Waals surface area (Å²) in [5, 5.41) is 0.573. The molecule has 0 radical (unpaired) electrons. The van der Waals surface area contributed by atoms with E-state index >= 15 is 0 Å². The summed E-state index contributed by atoms with van der Waals surface area (Å²) < 4.78 is 6.17. The minimum Gasteiger partial charge on any atom is -0.461 e. The summed E-state index contributed by atoms with van der Waals surface area (Å²) in [6.45, 7) is 0. The molecule has 3 aromatic rings. The van der Waals surface area contributed by atoms with Crippen LogP contribution in [-0.2, 0) is 0 Å². The van der Waals surface area contributed by atoms with E-state index in [-0.39, 0.29) is 10.3 Å². The van der Waals surface area contributed by atoms with Crippen LogP contribution in [0.25, 0.3) is 22.7 Å². The van der Waals surface area contributed by atoms with Crippen LogP contribution in [0.5, 0.6) is 0 Å². The maximum absolute atomic E-state index is 6.25. The quantitative estimate of drug-likeness (QED) is 0.562. The predicted octanol–water partition coefficient (Wildman–Crippen LogP) is 5.47. The highest BCUT2D eigenvalue weighted by Gasteiger charge is 2.16. The van der Waals surface area contributed by atoms with Gasteiger partial charge in [0.25, 0.3) is 0 Å². The van der Waals surface area contributed by atoms with Crippen molar-refractivity contribution >= 4 is 39.1 Å². The van der Waals surface area contributed by atoms with Gasteiger partial charge in [0.15, 0.2) is 11.6 Å². The molecule has 3 nitrogen and oxygen atoms in total. The molecule has 0 atom stereocenters. The van der Waals surface area contributed by atoms with Crippen LogP contribution in [0.3, 0.4) is 0 Å². The second-order valence-electron chi connectivity index (χ2n) is 3.99. The standard InChI is InChI=1S/C14H7BrCl2N2O/c15-9-4-1-3-8(7-9)11-12(16)18-14(19-13(11)17)10-5-2-6-20-10/h1-7H. The lowest BCUT2D eigenvalue weighted by Crippen LogP contribution is -1.93. The number of benzene rings is 1. The molecule has 3 rings (SSSR count). The first-order valence-electron chi connectivity index (χ1n) is 5.68. The Labute approximate surface area is 133 Å². The lowest BCUT2D eigenvalue weighted by molar-refractivity contribution is 0.577. The van der Waals surface area contributed by atoms with E-state index in [1.54, 1.807) is 18.4 Å². The van der Waals surface area contributed by atoms with Crippen LogP contribution in [0.4, 0.5) is 0 Å². The van der Waals surface area contributed by atoms with Crippen molar-refractivity contribution in [3.05, 3.63) is 57.4 Å². The van der Waals surface area contributed by atoms with Crippen LogP contribution in [0, 0.1) is 0 Å². The molecule has 0 unspecified atom stereocenters. The van der Waals surface area contributed by atoms with Gasteiger partial charge in [-0.15, -0.1) is 0 Å². The Hall–Kier alpha value is -1.36. The minimum absolute atomic E-state index is 0.287. The van der Waals surface area contributed by atoms with E-state index in [1.807, 2.05) is 24.3 Å². The number of hydrogen-bond donors (Lipinski definition) is 0. The van der Waals surface area contributed by atoms with Gasteiger partial charge in [-0.25, -0.2) is 9.97 Å². The summed E-state index contributed by atoms with van der Waals surface area (Å²) in [5.41, 5.74) is 1.45. The maximum atomic E-state index is 6.25. The monoisotopic (exact) mass is 368 g/mol. The zero-order chi connectivity index (χ0) is 14.1. The molecule has 0 bridgehead atoms. The van der Waals surface area contributed by atoms with Gasteiger partial charge < -0.3 is 4.42 Å². The third-order valence-electron chi connectivity index (χ3n) is 2.68. The fourth-order valence-electron chi connectivity index (χ4n) is 1.81. The molecule has 0 N–H and O–H groups in total. The molecule has 100 valence electrons. The Bertz CT molecular complexity index is 737. The van der Waals surface area contributed by atoms with Crippen molar-refractivity contribution in [2.45, 2.75) is 0 Å². The molecule has 6 heteroatoms. The highest BCUT2D eigenvalue weighted by molar-refractivity contribution is 9.10. The first-order chi connectivity index (χ1) is 9.65. The highest BCUT2D eigenvalue weighted by Crippen LogP contribution is 2.35. The molecule has 0 aliphatic carbocycles. The number of halogens is 3. The van der Waals surface area contributed by atoms with E-state index in [9.17, 15) is 0 Å². The fraction of sp³-hybridized carbons (Fsp3) is 0. The van der Waals surface area contributed by atoms with E-state index in [1.165, 1.54) is 0 Å². The Balaban J connectivity index is 2.14. The van der Waals surface area contributed by atoms with E-state index in [0.717, 1.165) is 10.0 Å². The highest BCUT2D eigenvalue weighted by atomic mass is 79.9. The molecule has 2 heterocycles. The van der Waals surface area contributed by atoms with Crippen LogP contribution in [0.15, 0.2) is 51.6 Å². The van der Waals surface area contributed by atoms with Crippen molar-refractivity contribution in [1.82, 2.24) is 9.97 Å². The van der Waals surface area contributed by atoms with Gasteiger partial charge in [-0.1, -0.05) is 51.3 Å². The van der Waals surface area contributed by atoms with Gasteiger partial charge in [0.05, 0.1) is 11.8 Å². The van der Waals surface area contributed by atoms with Crippen molar-refractivity contribution < 1.29 is 4.42 Å². The van der Waals surface area contributed by atoms with Crippen LogP contribution in [-0.4, -0.2) is 9.97 Å². The number of rotatable bonds is 2. The summed E-state index contributed by atoms with van der Waals surface area (Å²) >= 11 is 15.9. The number of hydrogen-bond acceptors (Lipinski definition) is 3. The van der Waals surface area contributed by atoms with Gasteiger partial charge >= 0.3 is 0 Å². The molecule has 1 aromatic carbocycles. The minimum atomic E-state index is 0.287. The SMILES string of the molecule is Clc1nc(-c2ccco2)nc(Cl)c1-c1cccc(Br)c1. The van der Waals surface area contributed by atoms with Gasteiger partial charge in [0, 0.05) is 4.47 Å². The molecule has 0 aliphatic heterocycles. The van der Waals surface area contributed by atoms with Crippen molar-refractivity contribution in [3.8, 4) is 22.7 Å². The van der Waals surface area contributed by atoms with Crippen LogP contribution < -0.4 is 0 Å². The lowest BCUT2D eigenvalue weighted by atomic mass is 10.1. The number of furan rings is 1. The van der Waals surface area contributed by atoms with Gasteiger partial charge in [-0.3, -0.25) is 0 Å². The fourth-order valence-corrected chi connectivity index (χ4v) is 2.81. The summed E-state index contributed by atoms with van der Waals surface area (Å²) in [5.74, 6) is 0.887. The molecule has 20 heavy (non-hydrogen) atoms. The van der Waals surface area contributed by atoms with Crippen LogP contribution >= 0.6 is 39.1 Å². The average Bonchev–Trinajstić information content (AvgIpc) is 2.91. The molecule has 2 aromatic heterocycles. The molecule has 0 saturated heterocycles. The van der Waals surface area contributed by atoms with Crippen molar-refractivity contribution in [2.24, 2.45) is 0 Å². The number of nitrogens with zero attached hydrogens (tertiary/aromatic N) is 2. The van der Waals surface area contributed by atoms with Crippen molar-refractivity contribution in [3.63, 3.8) is 0 Å². The Morgan fingerprint density at radius 1 is 1.00 bits per heavy atom. The number of aromatic nitrogens is 2. The smallest absolute Gasteiger partial charge is 0.198 e. The largest absolute Gasteiger partial charge is 0.461 e. The molecule has 0 amide bonds.